The Labute approximate surface area is 109 Å². The highest BCUT2D eigenvalue weighted by molar-refractivity contribution is 7.12. The van der Waals surface area contributed by atoms with Crippen molar-refractivity contribution in [1.29, 1.82) is 0 Å². The summed E-state index contributed by atoms with van der Waals surface area (Å²) in [6.45, 7) is 0. The second kappa shape index (κ2) is 5.07. The Morgan fingerprint density at radius 3 is 2.72 bits per heavy atom. The van der Waals surface area contributed by atoms with Crippen LogP contribution in [0.25, 0.3) is 0 Å². The largest absolute Gasteiger partial charge is 0.465 e. The molecule has 98 valence electrons. The predicted octanol–water partition coefficient (Wildman–Crippen LogP) is 1.74. The molecular formula is C12H16N2O3S. The minimum Gasteiger partial charge on any atom is -0.465 e. The van der Waals surface area contributed by atoms with Gasteiger partial charge in [0.15, 0.2) is 0 Å². The van der Waals surface area contributed by atoms with E-state index in [2.05, 4.69) is 10.1 Å². The van der Waals surface area contributed by atoms with E-state index < -0.39 is 11.5 Å². The lowest BCUT2D eigenvalue weighted by molar-refractivity contribution is -0.120. The minimum absolute atomic E-state index is 0.219. The molecule has 1 aromatic heterocycles. The Balaban J connectivity index is 2.12. The Kier molecular flexibility index (Phi) is 3.68. The van der Waals surface area contributed by atoms with Gasteiger partial charge in [0, 0.05) is 0 Å². The first kappa shape index (κ1) is 13.0. The third kappa shape index (κ3) is 2.39. The van der Waals surface area contributed by atoms with Crippen LogP contribution in [0.15, 0.2) is 11.4 Å². The number of nitrogens with two attached hydrogens (primary N) is 1. The summed E-state index contributed by atoms with van der Waals surface area (Å²) in [5.74, 6) is -0.665. The SMILES string of the molecule is COC(=O)c1sccc1NC(=O)C1(N)CCCC1. The summed E-state index contributed by atoms with van der Waals surface area (Å²) in [6.07, 6.45) is 3.32. The number of carbonyl (C=O) groups excluding carboxylic acids is 2. The van der Waals surface area contributed by atoms with Crippen LogP contribution < -0.4 is 11.1 Å². The van der Waals surface area contributed by atoms with E-state index in [-0.39, 0.29) is 5.91 Å². The van der Waals surface area contributed by atoms with Crippen molar-refractivity contribution in [3.63, 3.8) is 0 Å². The van der Waals surface area contributed by atoms with E-state index in [0.717, 1.165) is 12.8 Å². The van der Waals surface area contributed by atoms with E-state index in [9.17, 15) is 9.59 Å². The van der Waals surface area contributed by atoms with Crippen LogP contribution in [-0.2, 0) is 9.53 Å². The zero-order chi connectivity index (χ0) is 13.2. The molecule has 1 fully saturated rings. The number of carbonyl (C=O) groups is 2. The minimum atomic E-state index is -0.796. The maximum atomic E-state index is 12.1. The van der Waals surface area contributed by atoms with E-state index in [4.69, 9.17) is 5.73 Å². The molecule has 1 aliphatic carbocycles. The molecule has 0 aromatic carbocycles. The first-order valence-corrected chi connectivity index (χ1v) is 6.71. The second-order valence-corrected chi connectivity index (χ2v) is 5.39. The molecule has 0 bridgehead atoms. The lowest BCUT2D eigenvalue weighted by Gasteiger charge is -2.22. The lowest BCUT2D eigenvalue weighted by atomic mass is 9.98. The van der Waals surface area contributed by atoms with Crippen molar-refractivity contribution in [2.75, 3.05) is 12.4 Å². The van der Waals surface area contributed by atoms with Gasteiger partial charge in [-0.25, -0.2) is 4.79 Å². The second-order valence-electron chi connectivity index (χ2n) is 4.47. The number of hydrogen-bond acceptors (Lipinski definition) is 5. The maximum Gasteiger partial charge on any atom is 0.350 e. The number of amides is 1. The van der Waals surface area contributed by atoms with Crippen LogP contribution in [0.5, 0.6) is 0 Å². The normalized spacial score (nSPS) is 17.4. The van der Waals surface area contributed by atoms with Crippen molar-refractivity contribution in [3.8, 4) is 0 Å². The fourth-order valence-corrected chi connectivity index (χ4v) is 2.90. The Hall–Kier alpha value is -1.40. The summed E-state index contributed by atoms with van der Waals surface area (Å²) in [4.78, 5) is 24.0. The van der Waals surface area contributed by atoms with Crippen LogP contribution in [0.2, 0.25) is 0 Å². The lowest BCUT2D eigenvalue weighted by Crippen LogP contribution is -2.48. The van der Waals surface area contributed by atoms with Crippen LogP contribution in [0.4, 0.5) is 5.69 Å². The summed E-state index contributed by atoms with van der Waals surface area (Å²) < 4.78 is 4.66. The standard InChI is InChI=1S/C12H16N2O3S/c1-17-10(15)9-8(4-7-18-9)14-11(16)12(13)5-2-3-6-12/h4,7H,2-3,5-6,13H2,1H3,(H,14,16). The van der Waals surface area contributed by atoms with Gasteiger partial charge in [-0.15, -0.1) is 11.3 Å². The topological polar surface area (TPSA) is 81.4 Å². The van der Waals surface area contributed by atoms with Crippen LogP contribution in [-0.4, -0.2) is 24.5 Å². The predicted molar refractivity (Wildman–Crippen MR) is 69.7 cm³/mol. The van der Waals surface area contributed by atoms with Crippen LogP contribution in [0.3, 0.4) is 0 Å². The fraction of sp³-hybridized carbons (Fsp3) is 0.500. The van der Waals surface area contributed by atoms with Gasteiger partial charge in [-0.2, -0.15) is 0 Å². The van der Waals surface area contributed by atoms with Gasteiger partial charge in [0.25, 0.3) is 0 Å². The number of ether oxygens (including phenoxy) is 1. The van der Waals surface area contributed by atoms with Gasteiger partial charge >= 0.3 is 5.97 Å². The van der Waals surface area contributed by atoms with E-state index in [1.54, 1.807) is 11.4 Å². The van der Waals surface area contributed by atoms with Gasteiger partial charge in [-0.05, 0) is 24.3 Å². The molecule has 0 radical (unpaired) electrons. The molecule has 18 heavy (non-hydrogen) atoms. The van der Waals surface area contributed by atoms with Crippen LogP contribution in [0, 0.1) is 0 Å². The van der Waals surface area contributed by atoms with E-state index in [1.807, 2.05) is 0 Å². The first-order valence-electron chi connectivity index (χ1n) is 5.83. The first-order chi connectivity index (χ1) is 8.57. The molecular weight excluding hydrogens is 252 g/mol. The Morgan fingerprint density at radius 1 is 1.44 bits per heavy atom. The number of methoxy groups -OCH3 is 1. The zero-order valence-electron chi connectivity index (χ0n) is 10.2. The van der Waals surface area contributed by atoms with Gasteiger partial charge < -0.3 is 15.8 Å². The monoisotopic (exact) mass is 268 g/mol. The molecule has 1 aliphatic rings. The van der Waals surface area contributed by atoms with E-state index >= 15 is 0 Å². The summed E-state index contributed by atoms with van der Waals surface area (Å²) >= 11 is 1.24. The molecule has 0 aliphatic heterocycles. The number of esters is 1. The van der Waals surface area contributed by atoms with E-state index in [0.29, 0.717) is 23.4 Å². The third-order valence-electron chi connectivity index (χ3n) is 3.23. The molecule has 1 saturated carbocycles. The molecule has 1 heterocycles. The smallest absolute Gasteiger partial charge is 0.350 e. The number of thiophene rings is 1. The number of rotatable bonds is 3. The van der Waals surface area contributed by atoms with Gasteiger partial charge in [-0.1, -0.05) is 12.8 Å². The highest BCUT2D eigenvalue weighted by Crippen LogP contribution is 2.30. The Bertz CT molecular complexity index is 464. The number of hydrogen-bond donors (Lipinski definition) is 2. The van der Waals surface area contributed by atoms with Crippen LogP contribution in [0.1, 0.15) is 35.4 Å². The quantitative estimate of drug-likeness (QED) is 0.818. The van der Waals surface area contributed by atoms with Crippen LogP contribution >= 0.6 is 11.3 Å². The van der Waals surface area contributed by atoms with Gasteiger partial charge in [0.1, 0.15) is 4.88 Å². The van der Waals surface area contributed by atoms with Gasteiger partial charge in [0.2, 0.25) is 5.91 Å². The average Bonchev–Trinajstić information content (AvgIpc) is 2.98. The molecule has 0 saturated heterocycles. The molecule has 1 aromatic rings. The van der Waals surface area contributed by atoms with Crippen molar-refractivity contribution in [2.45, 2.75) is 31.2 Å². The van der Waals surface area contributed by atoms with Crippen molar-refractivity contribution < 1.29 is 14.3 Å². The van der Waals surface area contributed by atoms with Crippen molar-refractivity contribution >= 4 is 28.9 Å². The van der Waals surface area contributed by atoms with Crippen molar-refractivity contribution in [1.82, 2.24) is 0 Å². The molecule has 1 amide bonds. The summed E-state index contributed by atoms with van der Waals surface area (Å²) in [5.41, 5.74) is 5.74. The zero-order valence-corrected chi connectivity index (χ0v) is 11.0. The summed E-state index contributed by atoms with van der Waals surface area (Å²) in [5, 5.41) is 4.47. The molecule has 5 nitrogen and oxygen atoms in total. The molecule has 0 atom stereocenters. The average molecular weight is 268 g/mol. The summed E-state index contributed by atoms with van der Waals surface area (Å²) in [7, 11) is 1.31. The molecule has 3 N–H and O–H groups in total. The number of anilines is 1. The van der Waals surface area contributed by atoms with Crippen molar-refractivity contribution in [2.24, 2.45) is 5.73 Å². The van der Waals surface area contributed by atoms with Crippen molar-refractivity contribution in [3.05, 3.63) is 16.3 Å². The fourth-order valence-electron chi connectivity index (χ4n) is 2.14. The molecule has 0 unspecified atom stereocenters. The molecule has 6 heteroatoms. The van der Waals surface area contributed by atoms with E-state index in [1.165, 1.54) is 18.4 Å². The highest BCUT2D eigenvalue weighted by atomic mass is 32.1. The highest BCUT2D eigenvalue weighted by Gasteiger charge is 2.37. The molecule has 0 spiro atoms. The molecule has 2 rings (SSSR count). The number of nitrogens with one attached hydrogen (secondary N) is 1. The van der Waals surface area contributed by atoms with Gasteiger partial charge in [0.05, 0.1) is 18.3 Å². The summed E-state index contributed by atoms with van der Waals surface area (Å²) in [6, 6.07) is 1.69. The van der Waals surface area contributed by atoms with Gasteiger partial charge in [-0.3, -0.25) is 4.79 Å². The maximum absolute atomic E-state index is 12.1. The Morgan fingerprint density at radius 2 is 2.11 bits per heavy atom. The third-order valence-corrected chi connectivity index (χ3v) is 4.13.